The largest absolute Gasteiger partial charge is 0.456 e. The lowest BCUT2D eigenvalue weighted by atomic mass is 9.83. The molecule has 1 atom stereocenters. The van der Waals surface area contributed by atoms with E-state index in [2.05, 4.69) is 109 Å². The SMILES string of the molecule is c1cc2c3c(c1)-c1cccc[n+]1C31c3c(ccc4c5cnnc6ccc7c8ccc[n+]1c8n(c34)c7c65)O2. The Labute approximate surface area is 208 Å². The van der Waals surface area contributed by atoms with E-state index in [1.54, 1.807) is 0 Å². The van der Waals surface area contributed by atoms with Crippen LogP contribution >= 0.6 is 0 Å². The molecule has 8 aromatic rings. The van der Waals surface area contributed by atoms with Crippen LogP contribution in [-0.2, 0) is 5.66 Å². The van der Waals surface area contributed by atoms with Gasteiger partial charge in [0.2, 0.25) is 5.69 Å². The Balaban J connectivity index is 1.57. The molecule has 3 aromatic carbocycles. The smallest absolute Gasteiger partial charge is 0.374 e. The lowest BCUT2D eigenvalue weighted by Crippen LogP contribution is -2.74. The Bertz CT molecular complexity index is 2400. The predicted octanol–water partition coefficient (Wildman–Crippen LogP) is 5.05. The molecule has 0 fully saturated rings. The second kappa shape index (κ2) is 5.20. The van der Waals surface area contributed by atoms with Crippen molar-refractivity contribution in [2.75, 3.05) is 0 Å². The maximum absolute atomic E-state index is 6.72. The molecule has 1 unspecified atom stereocenters. The summed E-state index contributed by atoms with van der Waals surface area (Å²) >= 11 is 0. The van der Waals surface area contributed by atoms with Gasteiger partial charge in [0.15, 0.2) is 22.8 Å². The first-order chi connectivity index (χ1) is 18.4. The van der Waals surface area contributed by atoms with Crippen molar-refractivity contribution in [2.24, 2.45) is 0 Å². The first-order valence-corrected chi connectivity index (χ1v) is 12.5. The van der Waals surface area contributed by atoms with Crippen LogP contribution in [0.25, 0.3) is 60.4 Å². The van der Waals surface area contributed by atoms with Crippen LogP contribution in [0.2, 0.25) is 0 Å². The standard InChI is InChI=1S/C31H15N5O/c1-2-13-34-22(7-1)19-5-3-8-23-26(19)31(34)27-24(37-23)12-10-17-20-15-32-33-21-11-9-16-18-6-4-14-35(31)30(18)36(29(17)27)28(16)25(20)21/h1-15H/q+2. The molecule has 0 aliphatic carbocycles. The molecule has 3 aliphatic heterocycles. The minimum absolute atomic E-state index is 0.609. The fourth-order valence-corrected chi connectivity index (χ4v) is 7.74. The van der Waals surface area contributed by atoms with Crippen LogP contribution in [0.4, 0.5) is 0 Å². The van der Waals surface area contributed by atoms with E-state index in [-0.39, 0.29) is 0 Å². The molecule has 3 aliphatic rings. The Hall–Kier alpha value is -5.10. The van der Waals surface area contributed by atoms with Crippen molar-refractivity contribution in [1.82, 2.24) is 14.6 Å². The maximum Gasteiger partial charge on any atom is 0.374 e. The van der Waals surface area contributed by atoms with E-state index in [0.29, 0.717) is 0 Å². The van der Waals surface area contributed by atoms with Gasteiger partial charge in [-0.3, -0.25) is 0 Å². The number of hydrogen-bond acceptors (Lipinski definition) is 3. The predicted molar refractivity (Wildman–Crippen MR) is 138 cm³/mol. The van der Waals surface area contributed by atoms with E-state index in [0.717, 1.165) is 27.8 Å². The fourth-order valence-electron chi connectivity index (χ4n) is 7.74. The minimum Gasteiger partial charge on any atom is -0.456 e. The number of rotatable bonds is 0. The summed E-state index contributed by atoms with van der Waals surface area (Å²) in [5.41, 5.74) is 8.63. The quantitative estimate of drug-likeness (QED) is 0.176. The monoisotopic (exact) mass is 473 g/mol. The lowest BCUT2D eigenvalue weighted by molar-refractivity contribution is -0.954. The Morgan fingerprint density at radius 2 is 1.59 bits per heavy atom. The number of fused-ring (bicyclic) bond motifs is 4. The highest BCUT2D eigenvalue weighted by molar-refractivity contribution is 6.27. The van der Waals surface area contributed by atoms with E-state index < -0.39 is 5.66 Å². The Morgan fingerprint density at radius 1 is 0.703 bits per heavy atom. The van der Waals surface area contributed by atoms with Crippen molar-refractivity contribution in [1.29, 1.82) is 0 Å². The zero-order valence-electron chi connectivity index (χ0n) is 19.3. The summed E-state index contributed by atoms with van der Waals surface area (Å²) in [4.78, 5) is 0. The molecule has 0 N–H and O–H groups in total. The van der Waals surface area contributed by atoms with Crippen LogP contribution < -0.4 is 13.9 Å². The molecule has 11 rings (SSSR count). The van der Waals surface area contributed by atoms with E-state index in [1.165, 1.54) is 55.2 Å². The molecular formula is C31H15N5O+2. The normalized spacial score (nSPS) is 18.1. The maximum atomic E-state index is 6.72. The molecule has 0 bridgehead atoms. The van der Waals surface area contributed by atoms with E-state index in [4.69, 9.17) is 4.74 Å². The number of ether oxygens (including phenoxy) is 1. The summed E-state index contributed by atoms with van der Waals surface area (Å²) in [6.45, 7) is 0. The van der Waals surface area contributed by atoms with E-state index in [9.17, 15) is 0 Å². The highest BCUT2D eigenvalue weighted by atomic mass is 16.5. The molecule has 8 heterocycles. The van der Waals surface area contributed by atoms with Gasteiger partial charge in [-0.15, -0.1) is 4.57 Å². The summed E-state index contributed by atoms with van der Waals surface area (Å²) in [6.07, 6.45) is 6.39. The van der Waals surface area contributed by atoms with Crippen LogP contribution in [0.1, 0.15) is 11.1 Å². The van der Waals surface area contributed by atoms with Crippen molar-refractivity contribution in [3.63, 3.8) is 0 Å². The molecule has 0 saturated carbocycles. The summed E-state index contributed by atoms with van der Waals surface area (Å²) in [7, 11) is 0. The van der Waals surface area contributed by atoms with Gasteiger partial charge in [0.1, 0.15) is 17.1 Å². The van der Waals surface area contributed by atoms with Crippen molar-refractivity contribution in [3.8, 4) is 22.8 Å². The van der Waals surface area contributed by atoms with Gasteiger partial charge in [-0.25, -0.2) is 0 Å². The zero-order chi connectivity index (χ0) is 23.6. The number of benzene rings is 3. The number of hydrogen-bond donors (Lipinski definition) is 0. The third-order valence-corrected chi connectivity index (χ3v) is 8.90. The minimum atomic E-state index is -0.609. The topological polar surface area (TPSA) is 47.2 Å². The second-order valence-corrected chi connectivity index (χ2v) is 10.3. The molecule has 0 saturated heterocycles. The summed E-state index contributed by atoms with van der Waals surface area (Å²) in [6, 6.07) is 26.0. The van der Waals surface area contributed by atoms with Gasteiger partial charge in [-0.05, 0) is 54.6 Å². The summed E-state index contributed by atoms with van der Waals surface area (Å²) in [5, 5.41) is 14.8. The second-order valence-electron chi connectivity index (χ2n) is 10.3. The lowest BCUT2D eigenvalue weighted by Gasteiger charge is -2.33. The third kappa shape index (κ3) is 1.53. The van der Waals surface area contributed by atoms with Crippen molar-refractivity contribution >= 4 is 49.1 Å². The fraction of sp³-hybridized carbons (Fsp3) is 0.0323. The Morgan fingerprint density at radius 3 is 2.59 bits per heavy atom. The van der Waals surface area contributed by atoms with Gasteiger partial charge >= 0.3 is 11.3 Å². The number of pyridine rings is 3. The van der Waals surface area contributed by atoms with E-state index in [1.807, 2.05) is 6.20 Å². The first kappa shape index (κ1) is 17.3. The average Bonchev–Trinajstić information content (AvgIpc) is 3.45. The van der Waals surface area contributed by atoms with Gasteiger partial charge < -0.3 is 4.74 Å². The van der Waals surface area contributed by atoms with Crippen LogP contribution in [0.15, 0.2) is 91.4 Å². The van der Waals surface area contributed by atoms with Gasteiger partial charge in [0.25, 0.3) is 0 Å². The van der Waals surface area contributed by atoms with Crippen molar-refractivity contribution in [3.05, 3.63) is 103 Å². The van der Waals surface area contributed by atoms with Crippen LogP contribution in [-0.4, -0.2) is 14.6 Å². The molecule has 168 valence electrons. The zero-order valence-corrected chi connectivity index (χ0v) is 19.3. The van der Waals surface area contributed by atoms with E-state index >= 15 is 0 Å². The molecule has 1 spiro atoms. The van der Waals surface area contributed by atoms with Crippen LogP contribution in [0, 0.1) is 0 Å². The van der Waals surface area contributed by atoms with Crippen LogP contribution in [0.3, 0.4) is 0 Å². The molecule has 6 nitrogen and oxygen atoms in total. The molecule has 0 radical (unpaired) electrons. The van der Waals surface area contributed by atoms with Gasteiger partial charge in [0, 0.05) is 28.3 Å². The third-order valence-electron chi connectivity index (χ3n) is 8.90. The number of aromatic nitrogens is 5. The molecule has 5 aromatic heterocycles. The molecule has 0 amide bonds. The summed E-state index contributed by atoms with van der Waals surface area (Å²) in [5.74, 6) is 1.80. The van der Waals surface area contributed by atoms with Gasteiger partial charge in [-0.1, -0.05) is 6.07 Å². The molecular weight excluding hydrogens is 458 g/mol. The van der Waals surface area contributed by atoms with Crippen molar-refractivity contribution in [2.45, 2.75) is 5.66 Å². The molecule has 6 heteroatoms. The molecule has 37 heavy (non-hydrogen) atoms. The highest BCUT2D eigenvalue weighted by Gasteiger charge is 2.67. The average molecular weight is 473 g/mol. The summed E-state index contributed by atoms with van der Waals surface area (Å²) < 4.78 is 14.1. The van der Waals surface area contributed by atoms with Gasteiger partial charge in [-0.2, -0.15) is 19.2 Å². The first-order valence-electron chi connectivity index (χ1n) is 12.5. The van der Waals surface area contributed by atoms with Gasteiger partial charge in [0.05, 0.1) is 34.2 Å². The highest BCUT2D eigenvalue weighted by Crippen LogP contribution is 2.56. The Kier molecular flexibility index (Phi) is 2.44. The van der Waals surface area contributed by atoms with Crippen LogP contribution in [0.5, 0.6) is 11.5 Å². The van der Waals surface area contributed by atoms with Crippen molar-refractivity contribution < 1.29 is 13.9 Å². The number of nitrogens with zero attached hydrogens (tertiary/aromatic N) is 5.